The normalized spacial score (nSPS) is 18.4. The minimum atomic E-state index is -0.499. The molecule has 0 fully saturated rings. The summed E-state index contributed by atoms with van der Waals surface area (Å²) in [6.07, 6.45) is 1.02. The number of amides is 1. The minimum absolute atomic E-state index is 0.137. The SMILES string of the molecule is CC(C)(C)OC(=O)N[C@H]1Cc2cc(Br)ccc2CC1=S. The Morgan fingerprint density at radius 3 is 2.75 bits per heavy atom. The largest absolute Gasteiger partial charge is 0.444 e. The van der Waals surface area contributed by atoms with E-state index in [0.717, 1.165) is 15.8 Å². The van der Waals surface area contributed by atoms with Gasteiger partial charge in [0, 0.05) is 15.8 Å². The lowest BCUT2D eigenvalue weighted by molar-refractivity contribution is 0.0518. The molecule has 0 saturated carbocycles. The van der Waals surface area contributed by atoms with Crippen molar-refractivity contribution in [2.75, 3.05) is 0 Å². The zero-order valence-electron chi connectivity index (χ0n) is 11.8. The fraction of sp³-hybridized carbons (Fsp3) is 0.467. The lowest BCUT2D eigenvalue weighted by Gasteiger charge is -2.28. The number of ether oxygens (including phenoxy) is 1. The van der Waals surface area contributed by atoms with Crippen LogP contribution in [0.4, 0.5) is 4.79 Å². The van der Waals surface area contributed by atoms with Crippen molar-refractivity contribution in [3.05, 3.63) is 33.8 Å². The molecule has 0 aliphatic heterocycles. The first-order chi connectivity index (χ1) is 9.24. The number of thiocarbonyl (C=S) groups is 1. The first-order valence-electron chi connectivity index (χ1n) is 6.54. The van der Waals surface area contributed by atoms with E-state index in [1.165, 1.54) is 11.1 Å². The second-order valence-electron chi connectivity index (χ2n) is 5.96. The van der Waals surface area contributed by atoms with Gasteiger partial charge in [0.05, 0.1) is 6.04 Å². The van der Waals surface area contributed by atoms with Gasteiger partial charge >= 0.3 is 6.09 Å². The van der Waals surface area contributed by atoms with E-state index >= 15 is 0 Å². The quantitative estimate of drug-likeness (QED) is 0.778. The third-order valence-electron chi connectivity index (χ3n) is 3.04. The zero-order chi connectivity index (χ0) is 14.9. The third-order valence-corrected chi connectivity index (χ3v) is 3.96. The van der Waals surface area contributed by atoms with E-state index in [1.807, 2.05) is 26.8 Å². The number of hydrogen-bond donors (Lipinski definition) is 1. The molecule has 0 saturated heterocycles. The van der Waals surface area contributed by atoms with Gasteiger partial charge in [-0.15, -0.1) is 0 Å². The molecule has 1 aliphatic carbocycles. The molecule has 3 nitrogen and oxygen atoms in total. The average Bonchev–Trinajstić information content (AvgIpc) is 2.28. The maximum Gasteiger partial charge on any atom is 0.408 e. The van der Waals surface area contributed by atoms with Gasteiger partial charge in [0.25, 0.3) is 0 Å². The Balaban J connectivity index is 2.07. The van der Waals surface area contributed by atoms with Crippen LogP contribution >= 0.6 is 28.1 Å². The Bertz CT molecular complexity index is 551. The summed E-state index contributed by atoms with van der Waals surface area (Å²) in [4.78, 5) is 12.7. The smallest absolute Gasteiger partial charge is 0.408 e. The maximum atomic E-state index is 11.8. The number of rotatable bonds is 1. The molecule has 0 bridgehead atoms. The van der Waals surface area contributed by atoms with Crippen LogP contribution in [0.2, 0.25) is 0 Å². The summed E-state index contributed by atoms with van der Waals surface area (Å²) in [5.74, 6) is 0. The van der Waals surface area contributed by atoms with Crippen molar-refractivity contribution in [1.29, 1.82) is 0 Å². The Morgan fingerprint density at radius 1 is 1.40 bits per heavy atom. The molecule has 1 N–H and O–H groups in total. The fourth-order valence-corrected chi connectivity index (χ4v) is 2.89. The summed E-state index contributed by atoms with van der Waals surface area (Å²) in [5.41, 5.74) is 1.95. The van der Waals surface area contributed by atoms with Gasteiger partial charge in [0.1, 0.15) is 5.60 Å². The summed E-state index contributed by atoms with van der Waals surface area (Å²) in [6.45, 7) is 5.54. The van der Waals surface area contributed by atoms with Gasteiger partial charge in [-0.1, -0.05) is 34.2 Å². The van der Waals surface area contributed by atoms with Crippen molar-refractivity contribution in [1.82, 2.24) is 5.32 Å². The first-order valence-corrected chi connectivity index (χ1v) is 7.74. The fourth-order valence-electron chi connectivity index (χ4n) is 2.18. The zero-order valence-corrected chi connectivity index (χ0v) is 14.2. The Kier molecular flexibility index (Phi) is 4.49. The highest BCUT2D eigenvalue weighted by molar-refractivity contribution is 9.10. The highest BCUT2D eigenvalue weighted by Crippen LogP contribution is 2.24. The molecule has 0 heterocycles. The van der Waals surface area contributed by atoms with Crippen LogP contribution < -0.4 is 5.32 Å². The van der Waals surface area contributed by atoms with Crippen LogP contribution in [0, 0.1) is 0 Å². The summed E-state index contributed by atoms with van der Waals surface area (Å²) in [7, 11) is 0. The molecule has 20 heavy (non-hydrogen) atoms. The minimum Gasteiger partial charge on any atom is -0.444 e. The third kappa shape index (κ3) is 4.03. The first kappa shape index (κ1) is 15.4. The summed E-state index contributed by atoms with van der Waals surface area (Å²) >= 11 is 8.89. The Morgan fingerprint density at radius 2 is 2.10 bits per heavy atom. The molecule has 0 spiro atoms. The van der Waals surface area contributed by atoms with Gasteiger partial charge in [-0.25, -0.2) is 4.79 Å². The Hall–Kier alpha value is -0.940. The van der Waals surface area contributed by atoms with Crippen LogP contribution in [0.25, 0.3) is 0 Å². The van der Waals surface area contributed by atoms with Gasteiger partial charge < -0.3 is 10.1 Å². The topological polar surface area (TPSA) is 38.3 Å². The standard InChI is InChI=1S/C15H18BrNO2S/c1-15(2,3)19-14(18)17-12-7-10-6-11(16)5-4-9(10)8-13(12)20/h4-6,12H,7-8H2,1-3H3,(H,17,18)/t12-/m0/s1. The number of alkyl carbamates (subject to hydrolysis) is 1. The molecular weight excluding hydrogens is 338 g/mol. The van der Waals surface area contributed by atoms with Crippen molar-refractivity contribution in [2.45, 2.75) is 45.3 Å². The summed E-state index contributed by atoms with van der Waals surface area (Å²) < 4.78 is 6.32. The van der Waals surface area contributed by atoms with Crippen molar-refractivity contribution in [3.63, 3.8) is 0 Å². The molecule has 1 atom stereocenters. The second kappa shape index (κ2) is 5.82. The van der Waals surface area contributed by atoms with Gasteiger partial charge in [0.15, 0.2) is 0 Å². The van der Waals surface area contributed by atoms with Crippen molar-refractivity contribution in [3.8, 4) is 0 Å². The number of hydrogen-bond acceptors (Lipinski definition) is 3. The van der Waals surface area contributed by atoms with Gasteiger partial charge in [-0.05, 0) is 50.5 Å². The van der Waals surface area contributed by atoms with E-state index in [0.29, 0.717) is 6.42 Å². The van der Waals surface area contributed by atoms with Crippen molar-refractivity contribution in [2.24, 2.45) is 0 Å². The predicted octanol–water partition coefficient (Wildman–Crippen LogP) is 3.81. The van der Waals surface area contributed by atoms with Crippen LogP contribution in [0.1, 0.15) is 31.9 Å². The van der Waals surface area contributed by atoms with Crippen LogP contribution in [-0.4, -0.2) is 22.6 Å². The second-order valence-corrected chi connectivity index (χ2v) is 7.40. The van der Waals surface area contributed by atoms with Crippen molar-refractivity contribution >= 4 is 39.1 Å². The van der Waals surface area contributed by atoms with Gasteiger partial charge in [-0.2, -0.15) is 0 Å². The number of nitrogens with one attached hydrogen (secondary N) is 1. The lowest BCUT2D eigenvalue weighted by Crippen LogP contribution is -2.46. The van der Waals surface area contributed by atoms with Crippen LogP contribution in [0.15, 0.2) is 22.7 Å². The number of fused-ring (bicyclic) bond motifs is 1. The average molecular weight is 356 g/mol. The number of carbonyl (C=O) groups excluding carboxylic acids is 1. The van der Waals surface area contributed by atoms with Crippen LogP contribution in [0.5, 0.6) is 0 Å². The van der Waals surface area contributed by atoms with E-state index < -0.39 is 11.7 Å². The van der Waals surface area contributed by atoms with Crippen molar-refractivity contribution < 1.29 is 9.53 Å². The molecule has 2 rings (SSSR count). The molecule has 0 unspecified atom stereocenters. The maximum absolute atomic E-state index is 11.8. The molecular formula is C15H18BrNO2S. The molecule has 5 heteroatoms. The summed E-state index contributed by atoms with van der Waals surface area (Å²) in [5, 5.41) is 2.87. The molecule has 0 radical (unpaired) electrons. The molecule has 1 aliphatic rings. The Labute approximate surface area is 133 Å². The van der Waals surface area contributed by atoms with E-state index in [-0.39, 0.29) is 6.04 Å². The molecule has 0 aromatic heterocycles. The lowest BCUT2D eigenvalue weighted by atomic mass is 9.88. The monoisotopic (exact) mass is 355 g/mol. The highest BCUT2D eigenvalue weighted by Gasteiger charge is 2.26. The van der Waals surface area contributed by atoms with Gasteiger partial charge in [0.2, 0.25) is 0 Å². The van der Waals surface area contributed by atoms with Gasteiger partial charge in [-0.3, -0.25) is 0 Å². The van der Waals surface area contributed by atoms with Crippen LogP contribution in [-0.2, 0) is 17.6 Å². The molecule has 108 valence electrons. The molecule has 1 aromatic carbocycles. The van der Waals surface area contributed by atoms with E-state index in [1.54, 1.807) is 0 Å². The number of halogens is 1. The molecule has 1 aromatic rings. The van der Waals surface area contributed by atoms with E-state index in [4.69, 9.17) is 17.0 Å². The van der Waals surface area contributed by atoms with Crippen LogP contribution in [0.3, 0.4) is 0 Å². The van der Waals surface area contributed by atoms with E-state index in [9.17, 15) is 4.79 Å². The summed E-state index contributed by atoms with van der Waals surface area (Å²) in [6, 6.07) is 6.04. The number of carbonyl (C=O) groups is 1. The predicted molar refractivity (Wildman–Crippen MR) is 87.3 cm³/mol. The number of benzene rings is 1. The highest BCUT2D eigenvalue weighted by atomic mass is 79.9. The van der Waals surface area contributed by atoms with E-state index in [2.05, 4.69) is 33.4 Å². The molecule has 1 amide bonds.